The number of nitrogens with two attached hydrogens (primary N) is 1. The summed E-state index contributed by atoms with van der Waals surface area (Å²) in [7, 11) is -2.67. The predicted molar refractivity (Wildman–Crippen MR) is 151 cm³/mol. The summed E-state index contributed by atoms with van der Waals surface area (Å²) < 4.78 is 42.2. The summed E-state index contributed by atoms with van der Waals surface area (Å²) in [6.07, 6.45) is 6.11. The van der Waals surface area contributed by atoms with Crippen molar-refractivity contribution in [3.8, 4) is 16.9 Å². The summed E-state index contributed by atoms with van der Waals surface area (Å²) in [6, 6.07) is 6.79. The Hall–Kier alpha value is -3.82. The Bertz CT molecular complexity index is 1530. The van der Waals surface area contributed by atoms with Gasteiger partial charge in [-0.1, -0.05) is 30.6 Å². The Balaban J connectivity index is 1.33. The first-order valence-electron chi connectivity index (χ1n) is 13.0. The van der Waals surface area contributed by atoms with Gasteiger partial charge in [0, 0.05) is 11.8 Å². The average molecular weight is 606 g/mol. The molecule has 1 aromatic carbocycles. The van der Waals surface area contributed by atoms with E-state index in [1.807, 2.05) is 31.3 Å². The minimum atomic E-state index is -4.69. The van der Waals surface area contributed by atoms with E-state index in [0.29, 0.717) is 10.1 Å². The molecule has 3 aromatic rings. The molecule has 3 N–H and O–H groups in total. The van der Waals surface area contributed by atoms with Gasteiger partial charge < -0.3 is 15.3 Å². The molecular weight excluding hydrogens is 572 g/mol. The smallest absolute Gasteiger partial charge is 0.362 e. The standard InChI is InChI=1S/C26H32N6O7S2/c1-4-5-10-31-15-19(14-30(31)3)18-6-8-20(9-7-18)38-11-12-39-29-24(22-16-40-26(27)28-22)23(33)13-21-17(2)32(25(21)34)41(35,36)37/h6-9,14-17,21H,4-5,10-13H2,1-3H3,(H2-,27,28,35,36,37)/p+1/b29-24-/t17-,21-/m0/s1. The monoisotopic (exact) mass is 605 g/mol. The van der Waals surface area contributed by atoms with Crippen LogP contribution < -0.4 is 15.2 Å². The lowest BCUT2D eigenvalue weighted by atomic mass is 9.86. The van der Waals surface area contributed by atoms with E-state index in [2.05, 4.69) is 38.8 Å². The van der Waals surface area contributed by atoms with E-state index >= 15 is 0 Å². The summed E-state index contributed by atoms with van der Waals surface area (Å²) in [5.41, 5.74) is 7.91. The van der Waals surface area contributed by atoms with Crippen LogP contribution in [0.15, 0.2) is 47.2 Å². The maximum Gasteiger partial charge on any atom is 0.362 e. The number of anilines is 1. The van der Waals surface area contributed by atoms with Crippen LogP contribution in [0.25, 0.3) is 11.1 Å². The first-order chi connectivity index (χ1) is 19.5. The molecule has 3 heterocycles. The van der Waals surface area contributed by atoms with Gasteiger partial charge in [-0.2, -0.15) is 13.1 Å². The van der Waals surface area contributed by atoms with Crippen LogP contribution in [-0.4, -0.2) is 63.6 Å². The number of thiazole rings is 1. The number of unbranched alkanes of at least 4 members (excludes halogenated alkanes) is 1. The lowest BCUT2D eigenvalue weighted by molar-refractivity contribution is -0.753. The van der Waals surface area contributed by atoms with Crippen LogP contribution in [-0.2, 0) is 38.3 Å². The molecule has 0 spiro atoms. The number of benzene rings is 1. The number of oxime groups is 1. The summed E-state index contributed by atoms with van der Waals surface area (Å²) >= 11 is 1.10. The molecule has 41 heavy (non-hydrogen) atoms. The van der Waals surface area contributed by atoms with Crippen molar-refractivity contribution in [2.45, 2.75) is 45.7 Å². The minimum Gasteiger partial charge on any atom is -0.490 e. The molecule has 2 aromatic heterocycles. The molecule has 1 amide bonds. The number of nitrogen functional groups attached to an aromatic ring is 1. The number of hydrogen-bond donors (Lipinski definition) is 2. The minimum absolute atomic E-state index is 0.0174. The molecule has 0 saturated carbocycles. The molecule has 1 saturated heterocycles. The van der Waals surface area contributed by atoms with Gasteiger partial charge in [-0.15, -0.1) is 16.0 Å². The predicted octanol–water partition coefficient (Wildman–Crippen LogP) is 2.23. The summed E-state index contributed by atoms with van der Waals surface area (Å²) in [6.45, 7) is 4.72. The third-order valence-electron chi connectivity index (χ3n) is 6.72. The molecule has 2 atom stereocenters. The maximum atomic E-state index is 13.0. The molecule has 0 radical (unpaired) electrons. The molecule has 0 aliphatic carbocycles. The number of Topliss-reactive ketones (excluding diaryl/α,β-unsaturated/α-hetero) is 1. The normalized spacial score (nSPS) is 17.4. The van der Waals surface area contributed by atoms with Crippen molar-refractivity contribution in [3.05, 3.63) is 47.7 Å². The molecule has 4 rings (SSSR count). The van der Waals surface area contributed by atoms with Gasteiger partial charge in [0.2, 0.25) is 12.1 Å². The summed E-state index contributed by atoms with van der Waals surface area (Å²) in [5.74, 6) is -1.74. The Kier molecular flexibility index (Phi) is 9.40. The zero-order chi connectivity index (χ0) is 29.7. The van der Waals surface area contributed by atoms with E-state index in [1.54, 1.807) is 0 Å². The van der Waals surface area contributed by atoms with Crippen LogP contribution in [0.2, 0.25) is 0 Å². The van der Waals surface area contributed by atoms with Crippen molar-refractivity contribution in [1.82, 2.24) is 14.0 Å². The Morgan fingerprint density at radius 3 is 2.59 bits per heavy atom. The number of carbonyl (C=O) groups is 2. The molecule has 1 aliphatic rings. The fourth-order valence-corrected chi connectivity index (χ4v) is 5.95. The maximum absolute atomic E-state index is 13.0. The third-order valence-corrected chi connectivity index (χ3v) is 8.40. The van der Waals surface area contributed by atoms with Gasteiger partial charge in [-0.05, 0) is 31.0 Å². The van der Waals surface area contributed by atoms with Crippen LogP contribution in [0.5, 0.6) is 5.75 Å². The number of aromatic nitrogens is 3. The number of hydrogen-bond acceptors (Lipinski definition) is 10. The average Bonchev–Trinajstić information content (AvgIpc) is 3.52. The highest BCUT2D eigenvalue weighted by Crippen LogP contribution is 2.32. The molecule has 1 aliphatic heterocycles. The number of β-lactam (4-membered cyclic amide) rings is 1. The van der Waals surface area contributed by atoms with Crippen LogP contribution in [0, 0.1) is 5.92 Å². The fourth-order valence-electron chi connectivity index (χ4n) is 4.47. The Morgan fingerprint density at radius 2 is 1.98 bits per heavy atom. The van der Waals surface area contributed by atoms with E-state index in [9.17, 15) is 22.6 Å². The van der Waals surface area contributed by atoms with Crippen LogP contribution in [0.3, 0.4) is 0 Å². The van der Waals surface area contributed by atoms with E-state index in [1.165, 1.54) is 12.3 Å². The Morgan fingerprint density at radius 1 is 1.24 bits per heavy atom. The van der Waals surface area contributed by atoms with Gasteiger partial charge >= 0.3 is 10.3 Å². The van der Waals surface area contributed by atoms with E-state index < -0.39 is 34.0 Å². The summed E-state index contributed by atoms with van der Waals surface area (Å²) in [5, 5.41) is 5.67. The molecule has 0 unspecified atom stereocenters. The van der Waals surface area contributed by atoms with Crippen molar-refractivity contribution in [2.75, 3.05) is 18.9 Å². The number of nitrogens with zero attached hydrogens (tertiary/aromatic N) is 5. The topological polar surface area (TPSA) is 170 Å². The zero-order valence-electron chi connectivity index (χ0n) is 23.0. The van der Waals surface area contributed by atoms with Crippen LogP contribution in [0.1, 0.15) is 38.8 Å². The van der Waals surface area contributed by atoms with Crippen molar-refractivity contribution in [3.63, 3.8) is 0 Å². The number of ketones is 1. The number of aryl methyl sites for hydroxylation is 2. The largest absolute Gasteiger partial charge is 0.490 e. The van der Waals surface area contributed by atoms with Gasteiger partial charge in [0.05, 0.1) is 30.3 Å². The molecule has 1 fully saturated rings. The molecular formula is C26H33N6O7S2+. The highest BCUT2D eigenvalue weighted by atomic mass is 32.2. The van der Waals surface area contributed by atoms with Gasteiger partial charge in [0.1, 0.15) is 18.1 Å². The second-order valence-electron chi connectivity index (χ2n) is 9.61. The van der Waals surface area contributed by atoms with Crippen LogP contribution in [0.4, 0.5) is 5.13 Å². The first-order valence-corrected chi connectivity index (χ1v) is 15.3. The highest BCUT2D eigenvalue weighted by molar-refractivity contribution is 7.84. The van der Waals surface area contributed by atoms with Gasteiger partial charge in [0.15, 0.2) is 30.3 Å². The molecule has 15 heteroatoms. The summed E-state index contributed by atoms with van der Waals surface area (Å²) in [4.78, 5) is 34.6. The van der Waals surface area contributed by atoms with Crippen molar-refractivity contribution in [1.29, 1.82) is 0 Å². The van der Waals surface area contributed by atoms with Gasteiger partial charge in [0.25, 0.3) is 0 Å². The van der Waals surface area contributed by atoms with Gasteiger partial charge in [-0.25, -0.2) is 9.29 Å². The second-order valence-corrected chi connectivity index (χ2v) is 11.8. The second kappa shape index (κ2) is 12.8. The Labute approximate surface area is 242 Å². The van der Waals surface area contributed by atoms with E-state index in [0.717, 1.165) is 41.9 Å². The molecule has 0 bridgehead atoms. The molecule has 13 nitrogen and oxygen atoms in total. The number of carbonyl (C=O) groups excluding carboxylic acids is 2. The van der Waals surface area contributed by atoms with Crippen molar-refractivity contribution < 1.29 is 36.8 Å². The van der Waals surface area contributed by atoms with Crippen molar-refractivity contribution in [2.24, 2.45) is 18.1 Å². The first kappa shape index (κ1) is 30.1. The lowest BCUT2D eigenvalue weighted by Gasteiger charge is -2.41. The highest BCUT2D eigenvalue weighted by Gasteiger charge is 2.51. The quantitative estimate of drug-likeness (QED) is 0.0698. The number of amides is 1. The SMILES string of the molecule is CCCCn1cc(-c2ccc(OCCO/N=C(\C(=O)C[C@@H]3C(=O)N(S(=O)(=O)O)[C@H]3C)c3csc(N)n3)cc2)c[n+]1C. The van der Waals surface area contributed by atoms with Crippen molar-refractivity contribution >= 4 is 44.2 Å². The fraction of sp³-hybridized carbons (Fsp3) is 0.423. The van der Waals surface area contributed by atoms with E-state index in [-0.39, 0.29) is 36.2 Å². The van der Waals surface area contributed by atoms with Crippen LogP contribution >= 0.6 is 11.3 Å². The van der Waals surface area contributed by atoms with Gasteiger partial charge in [-0.3, -0.25) is 14.1 Å². The lowest BCUT2D eigenvalue weighted by Crippen LogP contribution is -2.62. The number of rotatable bonds is 14. The zero-order valence-corrected chi connectivity index (χ0v) is 24.6. The molecule has 220 valence electrons. The number of ether oxygens (including phenoxy) is 1. The van der Waals surface area contributed by atoms with E-state index in [4.69, 9.17) is 15.3 Å². The third kappa shape index (κ3) is 7.10.